The van der Waals surface area contributed by atoms with Crippen molar-refractivity contribution < 1.29 is 5.11 Å². The Balaban J connectivity index is 2.01. The van der Waals surface area contributed by atoms with Crippen LogP contribution >= 0.6 is 11.6 Å². The molecule has 0 aliphatic heterocycles. The van der Waals surface area contributed by atoms with E-state index in [1.54, 1.807) is 12.1 Å². The van der Waals surface area contributed by atoms with Crippen LogP contribution in [0.2, 0.25) is 5.02 Å². The maximum absolute atomic E-state index is 9.50. The molecule has 1 aromatic rings. The van der Waals surface area contributed by atoms with E-state index in [9.17, 15) is 5.11 Å². The lowest BCUT2D eigenvalue weighted by Crippen LogP contribution is -2.15. The molecule has 0 radical (unpaired) electrons. The van der Waals surface area contributed by atoms with Crippen molar-refractivity contribution in [2.75, 3.05) is 0 Å². The molecular formula is C10H12ClNO. The molecule has 0 amide bonds. The van der Waals surface area contributed by atoms with Crippen molar-refractivity contribution in [2.24, 2.45) is 0 Å². The van der Waals surface area contributed by atoms with Crippen LogP contribution in [0.1, 0.15) is 18.4 Å². The van der Waals surface area contributed by atoms with Crippen molar-refractivity contribution in [2.45, 2.75) is 25.4 Å². The summed E-state index contributed by atoms with van der Waals surface area (Å²) in [5, 5.41) is 13.4. The fourth-order valence-corrected chi connectivity index (χ4v) is 1.39. The summed E-state index contributed by atoms with van der Waals surface area (Å²) in [5.41, 5.74) is 0.913. The number of nitrogens with one attached hydrogen (secondary N) is 1. The van der Waals surface area contributed by atoms with Crippen molar-refractivity contribution >= 4 is 11.6 Å². The van der Waals surface area contributed by atoms with Crippen LogP contribution in [0.5, 0.6) is 5.75 Å². The van der Waals surface area contributed by atoms with Crippen LogP contribution in [-0.4, -0.2) is 11.1 Å². The van der Waals surface area contributed by atoms with Gasteiger partial charge >= 0.3 is 0 Å². The molecule has 1 fully saturated rings. The van der Waals surface area contributed by atoms with Gasteiger partial charge in [0.15, 0.2) is 0 Å². The van der Waals surface area contributed by atoms with E-state index in [1.807, 2.05) is 6.07 Å². The highest BCUT2D eigenvalue weighted by Crippen LogP contribution is 2.24. The van der Waals surface area contributed by atoms with Gasteiger partial charge in [0, 0.05) is 23.2 Å². The number of aromatic hydroxyl groups is 1. The molecule has 70 valence electrons. The quantitative estimate of drug-likeness (QED) is 0.780. The summed E-state index contributed by atoms with van der Waals surface area (Å²) in [4.78, 5) is 0. The Morgan fingerprint density at radius 1 is 1.46 bits per heavy atom. The number of phenolic OH excluding ortho intramolecular Hbond substituents is 1. The lowest BCUT2D eigenvalue weighted by Gasteiger charge is -2.05. The van der Waals surface area contributed by atoms with Crippen LogP contribution in [0.25, 0.3) is 0 Å². The Bertz CT molecular complexity index is 310. The first kappa shape index (κ1) is 8.85. The minimum atomic E-state index is 0.278. The monoisotopic (exact) mass is 197 g/mol. The molecule has 2 rings (SSSR count). The standard InChI is InChI=1S/C10H12ClNO/c11-8-2-1-7(10(13)5-8)6-12-9-3-4-9/h1-2,5,9,12-13H,3-4,6H2. The fraction of sp³-hybridized carbons (Fsp3) is 0.400. The average Bonchev–Trinajstić information content (AvgIpc) is 2.86. The number of rotatable bonds is 3. The van der Waals surface area contributed by atoms with Gasteiger partial charge in [-0.2, -0.15) is 0 Å². The molecular weight excluding hydrogens is 186 g/mol. The number of phenols is 1. The first-order valence-electron chi connectivity index (χ1n) is 4.46. The van der Waals surface area contributed by atoms with Gasteiger partial charge in [-0.1, -0.05) is 17.7 Å². The van der Waals surface area contributed by atoms with E-state index in [0.29, 0.717) is 11.1 Å². The van der Waals surface area contributed by atoms with Crippen LogP contribution in [0.15, 0.2) is 18.2 Å². The molecule has 13 heavy (non-hydrogen) atoms. The maximum Gasteiger partial charge on any atom is 0.121 e. The zero-order chi connectivity index (χ0) is 9.26. The highest BCUT2D eigenvalue weighted by Gasteiger charge is 2.20. The Labute approximate surface area is 82.5 Å². The van der Waals surface area contributed by atoms with E-state index in [2.05, 4.69) is 5.32 Å². The zero-order valence-electron chi connectivity index (χ0n) is 7.26. The SMILES string of the molecule is Oc1cc(Cl)ccc1CNC1CC1. The summed E-state index contributed by atoms with van der Waals surface area (Å²) in [7, 11) is 0. The predicted octanol–water partition coefficient (Wildman–Crippen LogP) is 2.30. The lowest BCUT2D eigenvalue weighted by atomic mass is 10.2. The third-order valence-corrected chi connectivity index (χ3v) is 2.44. The molecule has 0 spiro atoms. The highest BCUT2D eigenvalue weighted by atomic mass is 35.5. The van der Waals surface area contributed by atoms with Gasteiger partial charge < -0.3 is 10.4 Å². The molecule has 1 aliphatic rings. The Morgan fingerprint density at radius 2 is 2.23 bits per heavy atom. The number of halogens is 1. The number of hydrogen-bond acceptors (Lipinski definition) is 2. The van der Waals surface area contributed by atoms with Crippen molar-refractivity contribution in [3.05, 3.63) is 28.8 Å². The Hall–Kier alpha value is -0.730. The average molecular weight is 198 g/mol. The van der Waals surface area contributed by atoms with Crippen LogP contribution < -0.4 is 5.32 Å². The van der Waals surface area contributed by atoms with E-state index in [1.165, 1.54) is 12.8 Å². The number of hydrogen-bond donors (Lipinski definition) is 2. The molecule has 1 aliphatic carbocycles. The summed E-state index contributed by atoms with van der Waals surface area (Å²) >= 11 is 5.71. The summed E-state index contributed by atoms with van der Waals surface area (Å²) in [6, 6.07) is 5.89. The summed E-state index contributed by atoms with van der Waals surface area (Å²) in [6.45, 7) is 0.730. The molecule has 1 saturated carbocycles. The minimum Gasteiger partial charge on any atom is -0.508 e. The van der Waals surface area contributed by atoms with Crippen LogP contribution in [-0.2, 0) is 6.54 Å². The molecule has 2 N–H and O–H groups in total. The van der Waals surface area contributed by atoms with Gasteiger partial charge in [0.05, 0.1) is 0 Å². The summed E-state index contributed by atoms with van der Waals surface area (Å²) in [6.07, 6.45) is 2.52. The van der Waals surface area contributed by atoms with Gasteiger partial charge in [-0.15, -0.1) is 0 Å². The van der Waals surface area contributed by atoms with E-state index < -0.39 is 0 Å². The summed E-state index contributed by atoms with van der Waals surface area (Å²) < 4.78 is 0. The maximum atomic E-state index is 9.50. The highest BCUT2D eigenvalue weighted by molar-refractivity contribution is 6.30. The lowest BCUT2D eigenvalue weighted by molar-refractivity contribution is 0.464. The van der Waals surface area contributed by atoms with E-state index in [4.69, 9.17) is 11.6 Å². The van der Waals surface area contributed by atoms with Crippen LogP contribution in [0.3, 0.4) is 0 Å². The van der Waals surface area contributed by atoms with Crippen molar-refractivity contribution in [1.29, 1.82) is 0 Å². The Morgan fingerprint density at radius 3 is 2.85 bits per heavy atom. The Kier molecular flexibility index (Phi) is 2.42. The third-order valence-electron chi connectivity index (χ3n) is 2.21. The summed E-state index contributed by atoms with van der Waals surface area (Å²) in [5.74, 6) is 0.278. The molecule has 0 bridgehead atoms. The normalized spacial score (nSPS) is 16.1. The van der Waals surface area contributed by atoms with E-state index in [0.717, 1.165) is 12.1 Å². The third kappa shape index (κ3) is 2.36. The molecule has 1 aromatic carbocycles. The van der Waals surface area contributed by atoms with E-state index in [-0.39, 0.29) is 5.75 Å². The molecule has 0 atom stereocenters. The van der Waals surface area contributed by atoms with Crippen molar-refractivity contribution in [3.8, 4) is 5.75 Å². The molecule has 0 saturated heterocycles. The second-order valence-electron chi connectivity index (χ2n) is 3.43. The largest absolute Gasteiger partial charge is 0.508 e. The molecule has 3 heteroatoms. The predicted molar refractivity (Wildman–Crippen MR) is 53.0 cm³/mol. The topological polar surface area (TPSA) is 32.3 Å². The number of benzene rings is 1. The van der Waals surface area contributed by atoms with Gasteiger partial charge in [-0.05, 0) is 25.0 Å². The molecule has 0 aromatic heterocycles. The molecule has 0 heterocycles. The van der Waals surface area contributed by atoms with Gasteiger partial charge in [0.2, 0.25) is 0 Å². The van der Waals surface area contributed by atoms with Crippen LogP contribution in [0, 0.1) is 0 Å². The van der Waals surface area contributed by atoms with Crippen molar-refractivity contribution in [1.82, 2.24) is 5.32 Å². The second-order valence-corrected chi connectivity index (χ2v) is 3.86. The van der Waals surface area contributed by atoms with Crippen molar-refractivity contribution in [3.63, 3.8) is 0 Å². The van der Waals surface area contributed by atoms with Crippen LogP contribution in [0.4, 0.5) is 0 Å². The van der Waals surface area contributed by atoms with Gasteiger partial charge in [-0.3, -0.25) is 0 Å². The second kappa shape index (κ2) is 3.56. The first-order chi connectivity index (χ1) is 6.25. The van der Waals surface area contributed by atoms with Gasteiger partial charge in [0.1, 0.15) is 5.75 Å². The zero-order valence-corrected chi connectivity index (χ0v) is 8.01. The van der Waals surface area contributed by atoms with Gasteiger partial charge in [-0.25, -0.2) is 0 Å². The first-order valence-corrected chi connectivity index (χ1v) is 4.84. The van der Waals surface area contributed by atoms with E-state index >= 15 is 0 Å². The molecule has 2 nitrogen and oxygen atoms in total. The minimum absolute atomic E-state index is 0.278. The smallest absolute Gasteiger partial charge is 0.121 e. The molecule has 0 unspecified atom stereocenters. The fourth-order valence-electron chi connectivity index (χ4n) is 1.23. The van der Waals surface area contributed by atoms with Gasteiger partial charge in [0.25, 0.3) is 0 Å².